The summed E-state index contributed by atoms with van der Waals surface area (Å²) in [6, 6.07) is 0. The van der Waals surface area contributed by atoms with Crippen molar-refractivity contribution in [2.24, 2.45) is 17.3 Å². The Morgan fingerprint density at radius 1 is 1.42 bits per heavy atom. The average molecular weight is 170 g/mol. The first-order valence-corrected chi connectivity index (χ1v) is 4.88. The van der Waals surface area contributed by atoms with Crippen molar-refractivity contribution in [3.05, 3.63) is 0 Å². The molecule has 0 bridgehead atoms. The fraction of sp³-hybridized carbons (Fsp3) is 1.00. The maximum atomic E-state index is 9.97. The molecule has 2 rings (SSSR count). The third-order valence-electron chi connectivity index (χ3n) is 4.21. The number of hydrogen-bond donors (Lipinski definition) is 2. The van der Waals surface area contributed by atoms with Crippen LogP contribution in [0, 0.1) is 17.3 Å². The molecule has 12 heavy (non-hydrogen) atoms. The number of hydrogen-bond acceptors (Lipinski definition) is 2. The zero-order valence-electron chi connectivity index (χ0n) is 7.88. The number of fused-ring (bicyclic) bond motifs is 1. The predicted molar refractivity (Wildman–Crippen MR) is 46.6 cm³/mol. The van der Waals surface area contributed by atoms with Crippen LogP contribution in [0.15, 0.2) is 0 Å². The van der Waals surface area contributed by atoms with Crippen LogP contribution in [0.1, 0.15) is 33.1 Å². The Labute approximate surface area is 73.6 Å². The van der Waals surface area contributed by atoms with E-state index >= 15 is 0 Å². The van der Waals surface area contributed by atoms with Crippen molar-refractivity contribution in [1.82, 2.24) is 0 Å². The summed E-state index contributed by atoms with van der Waals surface area (Å²) in [5.74, 6) is 1.04. The summed E-state index contributed by atoms with van der Waals surface area (Å²) in [6.45, 7) is 4.40. The van der Waals surface area contributed by atoms with Crippen molar-refractivity contribution in [3.63, 3.8) is 0 Å². The van der Waals surface area contributed by atoms with Crippen LogP contribution in [0.4, 0.5) is 0 Å². The van der Waals surface area contributed by atoms with Crippen LogP contribution in [-0.2, 0) is 0 Å². The highest BCUT2D eigenvalue weighted by molar-refractivity contribution is 5.18. The first-order valence-electron chi connectivity index (χ1n) is 4.88. The molecule has 2 nitrogen and oxygen atoms in total. The summed E-state index contributed by atoms with van der Waals surface area (Å²) >= 11 is 0. The van der Waals surface area contributed by atoms with Crippen molar-refractivity contribution in [2.45, 2.75) is 38.7 Å². The predicted octanol–water partition coefficient (Wildman–Crippen LogP) is 1.17. The Balaban J connectivity index is 2.15. The third-order valence-corrected chi connectivity index (χ3v) is 4.21. The van der Waals surface area contributed by atoms with Crippen LogP contribution in [-0.4, -0.2) is 22.4 Å². The summed E-state index contributed by atoms with van der Waals surface area (Å²) < 4.78 is 0. The van der Waals surface area contributed by atoms with E-state index in [1.165, 1.54) is 0 Å². The van der Waals surface area contributed by atoms with Crippen LogP contribution in [0.5, 0.6) is 0 Å². The second-order valence-electron chi connectivity index (χ2n) is 4.91. The third kappa shape index (κ3) is 0.826. The first kappa shape index (κ1) is 8.52. The fourth-order valence-corrected chi connectivity index (χ4v) is 3.06. The molecule has 0 aliphatic heterocycles. The second-order valence-corrected chi connectivity index (χ2v) is 4.91. The summed E-state index contributed by atoms with van der Waals surface area (Å²) in [6.07, 6.45) is 3.03. The zero-order chi connectivity index (χ0) is 8.98. The van der Waals surface area contributed by atoms with Crippen molar-refractivity contribution in [3.8, 4) is 0 Å². The van der Waals surface area contributed by atoms with E-state index < -0.39 is 5.60 Å². The Morgan fingerprint density at radius 3 is 2.33 bits per heavy atom. The molecule has 0 spiro atoms. The monoisotopic (exact) mass is 170 g/mol. The largest absolute Gasteiger partial charge is 0.393 e. The smallest absolute Gasteiger partial charge is 0.0911 e. The van der Waals surface area contributed by atoms with E-state index in [1.54, 1.807) is 0 Å². The molecule has 1 unspecified atom stereocenters. The zero-order valence-corrected chi connectivity index (χ0v) is 7.88. The van der Waals surface area contributed by atoms with E-state index in [1.807, 2.05) is 0 Å². The van der Waals surface area contributed by atoms with Gasteiger partial charge in [-0.15, -0.1) is 0 Å². The van der Waals surface area contributed by atoms with Crippen LogP contribution in [0.2, 0.25) is 0 Å². The van der Waals surface area contributed by atoms with Gasteiger partial charge in [-0.25, -0.2) is 0 Å². The van der Waals surface area contributed by atoms with Gasteiger partial charge < -0.3 is 10.2 Å². The minimum absolute atomic E-state index is 0.0495. The quantitative estimate of drug-likeness (QED) is 0.653. The Morgan fingerprint density at radius 2 is 2.08 bits per heavy atom. The molecule has 0 amide bonds. The molecule has 2 fully saturated rings. The number of rotatable bonds is 2. The highest BCUT2D eigenvalue weighted by Gasteiger charge is 2.68. The lowest BCUT2D eigenvalue weighted by Crippen LogP contribution is -2.33. The highest BCUT2D eigenvalue weighted by atomic mass is 16.3. The summed E-state index contributed by atoms with van der Waals surface area (Å²) in [4.78, 5) is 0. The normalized spacial score (nSPS) is 51.2. The van der Waals surface area contributed by atoms with Gasteiger partial charge >= 0.3 is 0 Å². The number of aliphatic hydroxyl groups excluding tert-OH is 1. The summed E-state index contributed by atoms with van der Waals surface area (Å²) in [5, 5.41) is 19.0. The lowest BCUT2D eigenvalue weighted by Gasteiger charge is -2.20. The van der Waals surface area contributed by atoms with E-state index in [0.717, 1.165) is 19.3 Å². The van der Waals surface area contributed by atoms with Gasteiger partial charge in [0.25, 0.3) is 0 Å². The molecule has 2 aliphatic rings. The highest BCUT2D eigenvalue weighted by Crippen LogP contribution is 2.70. The van der Waals surface area contributed by atoms with Crippen LogP contribution < -0.4 is 0 Å². The molecule has 2 N–H and O–H groups in total. The van der Waals surface area contributed by atoms with Gasteiger partial charge in [0.05, 0.1) is 12.2 Å². The summed E-state index contributed by atoms with van der Waals surface area (Å²) in [5.41, 5.74) is -0.345. The molecular weight excluding hydrogens is 152 g/mol. The van der Waals surface area contributed by atoms with Crippen LogP contribution in [0.25, 0.3) is 0 Å². The van der Waals surface area contributed by atoms with Gasteiger partial charge in [0, 0.05) is 0 Å². The molecule has 0 radical (unpaired) electrons. The maximum absolute atomic E-state index is 9.97. The molecule has 70 valence electrons. The molecule has 0 aromatic heterocycles. The molecule has 0 saturated heterocycles. The average Bonchev–Trinajstić information content (AvgIpc) is 2.72. The van der Waals surface area contributed by atoms with Crippen molar-refractivity contribution < 1.29 is 10.2 Å². The topological polar surface area (TPSA) is 40.5 Å². The summed E-state index contributed by atoms with van der Waals surface area (Å²) in [7, 11) is 0. The lowest BCUT2D eigenvalue weighted by molar-refractivity contribution is -0.0281. The van der Waals surface area contributed by atoms with Gasteiger partial charge in [-0.3, -0.25) is 0 Å². The molecule has 0 heterocycles. The standard InChI is InChI=1S/C10H18O2/c1-7(2)9-3-4-10(12,6-11)8(9)5-9/h7-8,11-12H,3-6H2,1-2H3/t8-,9+,10?/m1/s1. The lowest BCUT2D eigenvalue weighted by atomic mass is 9.90. The fourth-order valence-electron chi connectivity index (χ4n) is 3.06. The van der Waals surface area contributed by atoms with Gasteiger partial charge in [-0.1, -0.05) is 13.8 Å². The van der Waals surface area contributed by atoms with E-state index in [9.17, 15) is 5.11 Å². The van der Waals surface area contributed by atoms with E-state index in [2.05, 4.69) is 13.8 Å². The van der Waals surface area contributed by atoms with E-state index in [4.69, 9.17) is 5.11 Å². The molecule has 2 aliphatic carbocycles. The second kappa shape index (κ2) is 2.24. The van der Waals surface area contributed by atoms with Gasteiger partial charge in [-0.2, -0.15) is 0 Å². The SMILES string of the molecule is CC(C)[C@@]12CCC(O)(CO)[C@@H]1C2. The van der Waals surface area contributed by atoms with Gasteiger partial charge in [-0.05, 0) is 36.5 Å². The molecule has 0 aromatic rings. The van der Waals surface area contributed by atoms with Crippen LogP contribution in [0.3, 0.4) is 0 Å². The van der Waals surface area contributed by atoms with Gasteiger partial charge in [0.2, 0.25) is 0 Å². The molecule has 2 saturated carbocycles. The van der Waals surface area contributed by atoms with Crippen LogP contribution >= 0.6 is 0 Å². The minimum Gasteiger partial charge on any atom is -0.393 e. The molecular formula is C10H18O2. The maximum Gasteiger partial charge on any atom is 0.0911 e. The molecule has 0 aromatic carbocycles. The Hall–Kier alpha value is -0.0800. The van der Waals surface area contributed by atoms with Crippen molar-refractivity contribution in [2.75, 3.05) is 6.61 Å². The van der Waals surface area contributed by atoms with Crippen molar-refractivity contribution in [1.29, 1.82) is 0 Å². The van der Waals surface area contributed by atoms with Crippen molar-refractivity contribution >= 4 is 0 Å². The van der Waals surface area contributed by atoms with Gasteiger partial charge in [0.1, 0.15) is 0 Å². The first-order chi connectivity index (χ1) is 5.55. The van der Waals surface area contributed by atoms with Gasteiger partial charge in [0.15, 0.2) is 0 Å². The van der Waals surface area contributed by atoms with E-state index in [-0.39, 0.29) is 6.61 Å². The minimum atomic E-state index is -0.732. The Bertz CT molecular complexity index is 202. The molecule has 2 heteroatoms. The molecule has 3 atom stereocenters. The van der Waals surface area contributed by atoms with E-state index in [0.29, 0.717) is 17.3 Å². The number of aliphatic hydroxyl groups is 2. The Kier molecular flexibility index (Phi) is 1.59.